The number of aliphatic hydroxyl groups excluding tert-OH is 1. The summed E-state index contributed by atoms with van der Waals surface area (Å²) >= 11 is 11.9. The van der Waals surface area contributed by atoms with Crippen molar-refractivity contribution >= 4 is 45.7 Å². The molecule has 0 saturated heterocycles. The van der Waals surface area contributed by atoms with E-state index in [0.29, 0.717) is 26.6 Å². The Balaban J connectivity index is 1.98. The first-order valence-electron chi connectivity index (χ1n) is 7.32. The average molecular weight is 378 g/mol. The van der Waals surface area contributed by atoms with Crippen LogP contribution in [0.5, 0.6) is 0 Å². The number of nitrogens with one attached hydrogen (secondary N) is 1. The van der Waals surface area contributed by atoms with Gasteiger partial charge in [0.15, 0.2) is 0 Å². The lowest BCUT2D eigenvalue weighted by Crippen LogP contribution is -2.21. The maximum atomic E-state index is 12.7. The number of benzene rings is 2. The molecular weight excluding hydrogens is 365 g/mol. The molecule has 0 aliphatic heterocycles. The highest BCUT2D eigenvalue weighted by molar-refractivity contribution is 6.42. The van der Waals surface area contributed by atoms with E-state index in [0.717, 1.165) is 5.56 Å². The third kappa shape index (κ3) is 3.82. The number of amides is 1. The molecular formula is C17H13Cl2N3O3. The van der Waals surface area contributed by atoms with Gasteiger partial charge in [0.25, 0.3) is 5.56 Å². The molecule has 3 rings (SSSR count). The Kier molecular flexibility index (Phi) is 5.03. The van der Waals surface area contributed by atoms with Gasteiger partial charge in [-0.2, -0.15) is 0 Å². The first-order chi connectivity index (χ1) is 12.0. The minimum absolute atomic E-state index is 0.254. The van der Waals surface area contributed by atoms with Crippen LogP contribution in [0.4, 0.5) is 5.69 Å². The molecule has 0 atom stereocenters. The normalized spacial score (nSPS) is 10.8. The molecule has 25 heavy (non-hydrogen) atoms. The Morgan fingerprint density at radius 3 is 2.68 bits per heavy atom. The van der Waals surface area contributed by atoms with Gasteiger partial charge in [-0.15, -0.1) is 0 Å². The fourth-order valence-corrected chi connectivity index (χ4v) is 2.71. The number of aliphatic hydroxyl groups is 1. The van der Waals surface area contributed by atoms with Crippen molar-refractivity contribution in [3.05, 3.63) is 68.7 Å². The number of hydrogen-bond donors (Lipinski definition) is 2. The van der Waals surface area contributed by atoms with E-state index < -0.39 is 12.5 Å². The van der Waals surface area contributed by atoms with E-state index in [4.69, 9.17) is 28.3 Å². The molecule has 6 nitrogen and oxygen atoms in total. The van der Waals surface area contributed by atoms with Crippen LogP contribution in [0.3, 0.4) is 0 Å². The van der Waals surface area contributed by atoms with Gasteiger partial charge in [0.2, 0.25) is 5.91 Å². The van der Waals surface area contributed by atoms with Gasteiger partial charge in [-0.25, -0.2) is 4.98 Å². The van der Waals surface area contributed by atoms with E-state index in [-0.39, 0.29) is 12.1 Å². The van der Waals surface area contributed by atoms with E-state index >= 15 is 0 Å². The quantitative estimate of drug-likeness (QED) is 0.731. The molecule has 8 heteroatoms. The van der Waals surface area contributed by atoms with Crippen LogP contribution in [-0.4, -0.2) is 27.2 Å². The van der Waals surface area contributed by atoms with Crippen LogP contribution >= 0.6 is 23.2 Å². The van der Waals surface area contributed by atoms with E-state index in [1.165, 1.54) is 17.0 Å². The topological polar surface area (TPSA) is 84.2 Å². The van der Waals surface area contributed by atoms with E-state index in [1.807, 2.05) is 0 Å². The van der Waals surface area contributed by atoms with Gasteiger partial charge in [-0.3, -0.25) is 14.2 Å². The molecule has 2 N–H and O–H groups in total. The van der Waals surface area contributed by atoms with Gasteiger partial charge in [-0.1, -0.05) is 29.3 Å². The van der Waals surface area contributed by atoms with Crippen LogP contribution in [0.15, 0.2) is 47.5 Å². The van der Waals surface area contributed by atoms with Gasteiger partial charge in [-0.05, 0) is 35.9 Å². The molecule has 2 aromatic carbocycles. The van der Waals surface area contributed by atoms with Crippen molar-refractivity contribution in [1.29, 1.82) is 0 Å². The van der Waals surface area contributed by atoms with Crippen LogP contribution < -0.4 is 10.9 Å². The first-order valence-corrected chi connectivity index (χ1v) is 8.07. The average Bonchev–Trinajstić information content (AvgIpc) is 2.61. The summed E-state index contributed by atoms with van der Waals surface area (Å²) in [5.41, 5.74) is 1.48. The third-order valence-electron chi connectivity index (χ3n) is 3.59. The molecule has 0 spiro atoms. The third-order valence-corrected chi connectivity index (χ3v) is 4.33. The summed E-state index contributed by atoms with van der Waals surface area (Å²) in [6.45, 7) is -0.349. The summed E-state index contributed by atoms with van der Waals surface area (Å²) in [5, 5.41) is 12.5. The largest absolute Gasteiger partial charge is 0.387 e. The molecule has 0 unspecified atom stereocenters. The van der Waals surface area contributed by atoms with Gasteiger partial charge in [0.05, 0.1) is 33.8 Å². The summed E-state index contributed by atoms with van der Waals surface area (Å²) in [6, 6.07) is 9.92. The maximum absolute atomic E-state index is 12.7. The van der Waals surface area contributed by atoms with Crippen LogP contribution in [-0.2, 0) is 11.3 Å². The summed E-state index contributed by atoms with van der Waals surface area (Å²) in [5.74, 6) is -0.556. The summed E-state index contributed by atoms with van der Waals surface area (Å²) in [6.07, 6.45) is 1.46. The van der Waals surface area contributed by atoms with Gasteiger partial charge in [0, 0.05) is 5.69 Å². The predicted molar refractivity (Wildman–Crippen MR) is 97.3 cm³/mol. The van der Waals surface area contributed by atoms with Crippen molar-refractivity contribution in [3.8, 4) is 0 Å². The van der Waals surface area contributed by atoms with Crippen molar-refractivity contribution in [2.45, 2.75) is 6.54 Å². The summed E-state index contributed by atoms with van der Waals surface area (Å²) in [4.78, 5) is 28.2. The van der Waals surface area contributed by atoms with E-state index in [2.05, 4.69) is 10.3 Å². The van der Waals surface area contributed by atoms with Crippen molar-refractivity contribution < 1.29 is 9.90 Å². The highest BCUT2D eigenvalue weighted by atomic mass is 35.5. The molecule has 0 fully saturated rings. The second-order valence-corrected chi connectivity index (χ2v) is 6.18. The highest BCUT2D eigenvalue weighted by Gasteiger charge is 2.08. The van der Waals surface area contributed by atoms with Gasteiger partial charge in [0.1, 0.15) is 6.61 Å². The number of aromatic nitrogens is 2. The number of fused-ring (bicyclic) bond motifs is 1. The summed E-state index contributed by atoms with van der Waals surface area (Å²) in [7, 11) is 0. The molecule has 3 aromatic rings. The Hall–Kier alpha value is -2.41. The second-order valence-electron chi connectivity index (χ2n) is 5.36. The Morgan fingerprint density at radius 1 is 1.16 bits per heavy atom. The molecule has 1 heterocycles. The minimum Gasteiger partial charge on any atom is -0.387 e. The molecule has 0 aliphatic carbocycles. The molecule has 0 saturated carbocycles. The number of hydrogen-bond acceptors (Lipinski definition) is 4. The maximum Gasteiger partial charge on any atom is 0.261 e. The zero-order valence-electron chi connectivity index (χ0n) is 12.9. The predicted octanol–water partition coefficient (Wildman–Crippen LogP) is 2.68. The molecule has 1 amide bonds. The van der Waals surface area contributed by atoms with Crippen LogP contribution in [0.25, 0.3) is 10.9 Å². The Bertz CT molecular complexity index is 1020. The lowest BCUT2D eigenvalue weighted by Gasteiger charge is -2.09. The van der Waals surface area contributed by atoms with Crippen molar-refractivity contribution in [1.82, 2.24) is 9.55 Å². The smallest absolute Gasteiger partial charge is 0.261 e. The zero-order chi connectivity index (χ0) is 18.0. The number of anilines is 1. The number of nitrogens with zero attached hydrogens (tertiary/aromatic N) is 2. The van der Waals surface area contributed by atoms with E-state index in [9.17, 15) is 9.59 Å². The first kappa shape index (κ1) is 17.4. The lowest BCUT2D eigenvalue weighted by molar-refractivity contribution is -0.118. The van der Waals surface area contributed by atoms with Gasteiger partial charge >= 0.3 is 0 Å². The number of rotatable bonds is 4. The molecule has 0 aliphatic rings. The van der Waals surface area contributed by atoms with Crippen molar-refractivity contribution in [2.24, 2.45) is 0 Å². The zero-order valence-corrected chi connectivity index (χ0v) is 14.4. The number of carbonyl (C=O) groups is 1. The monoisotopic (exact) mass is 377 g/mol. The van der Waals surface area contributed by atoms with Crippen molar-refractivity contribution in [3.63, 3.8) is 0 Å². The van der Waals surface area contributed by atoms with E-state index in [1.54, 1.807) is 30.3 Å². The van der Waals surface area contributed by atoms with Gasteiger partial charge < -0.3 is 10.4 Å². The lowest BCUT2D eigenvalue weighted by atomic mass is 10.2. The number of carbonyl (C=O) groups excluding carboxylic acids is 1. The summed E-state index contributed by atoms with van der Waals surface area (Å²) < 4.78 is 1.44. The van der Waals surface area contributed by atoms with Crippen molar-refractivity contribution in [2.75, 3.05) is 11.9 Å². The van der Waals surface area contributed by atoms with Crippen LogP contribution in [0.2, 0.25) is 10.0 Å². The van der Waals surface area contributed by atoms with Crippen LogP contribution in [0, 0.1) is 0 Å². The molecule has 0 radical (unpaired) electrons. The molecule has 1 aromatic heterocycles. The SMILES string of the molecule is O=C(CO)Nc1ccc2ncn(Cc3ccc(Cl)c(Cl)c3)c(=O)c2c1. The highest BCUT2D eigenvalue weighted by Crippen LogP contribution is 2.23. The second kappa shape index (κ2) is 7.23. The molecule has 128 valence electrons. The fourth-order valence-electron chi connectivity index (χ4n) is 2.38. The van der Waals surface area contributed by atoms with Crippen LogP contribution in [0.1, 0.15) is 5.56 Å². The Labute approximate surface area is 152 Å². The minimum atomic E-state index is -0.632. The Morgan fingerprint density at radius 2 is 1.96 bits per heavy atom. The fraction of sp³-hybridized carbons (Fsp3) is 0.118. The number of halogens is 2. The standard InChI is InChI=1S/C17H13Cl2N3O3/c18-13-3-1-10(5-14(13)19)7-22-9-20-15-4-2-11(21-16(24)8-23)6-12(15)17(22)25/h1-6,9,23H,7-8H2,(H,21,24). The molecule has 0 bridgehead atoms.